The van der Waals surface area contributed by atoms with Crippen LogP contribution in [0.5, 0.6) is 0 Å². The first-order chi connectivity index (χ1) is 7.76. The van der Waals surface area contributed by atoms with Crippen molar-refractivity contribution in [2.75, 3.05) is 41.3 Å². The summed E-state index contributed by atoms with van der Waals surface area (Å²) in [6, 6.07) is 0. The third-order valence-electron chi connectivity index (χ3n) is 2.51. The monoisotopic (exact) mass is 244 g/mol. The smallest absolute Gasteiger partial charge is 0.223 e. The molecule has 1 atom stereocenters. The van der Waals surface area contributed by atoms with Crippen LogP contribution in [-0.2, 0) is 9.59 Å². The van der Waals surface area contributed by atoms with Crippen LogP contribution in [0.4, 0.5) is 0 Å². The predicted octanol–water partition coefficient (Wildman–Crippen LogP) is -0.0289. The van der Waals surface area contributed by atoms with Crippen LogP contribution in [0, 0.1) is 5.92 Å². The lowest BCUT2D eigenvalue weighted by molar-refractivity contribution is -0.870. The number of hydrogen-bond donors (Lipinski definition) is 2. The van der Waals surface area contributed by atoms with Gasteiger partial charge in [0.2, 0.25) is 11.8 Å². The molecule has 0 spiro atoms. The van der Waals surface area contributed by atoms with Gasteiger partial charge in [-0.2, -0.15) is 0 Å². The number of rotatable bonds is 7. The van der Waals surface area contributed by atoms with Gasteiger partial charge in [-0.05, 0) is 0 Å². The van der Waals surface area contributed by atoms with Crippen molar-refractivity contribution in [2.24, 2.45) is 5.92 Å². The van der Waals surface area contributed by atoms with Gasteiger partial charge in [0.15, 0.2) is 0 Å². The molecule has 0 aliphatic rings. The molecule has 0 aromatic carbocycles. The standard InChI is InChI=1S/C12H25N3O2/c1-10(12(17)13-2)9-11(16)14-7-6-8-15(3,4)5/h10H,6-9H2,1-5H3,(H-,13,14,16,17)/p+1. The van der Waals surface area contributed by atoms with E-state index in [1.807, 2.05) is 0 Å². The fraction of sp³-hybridized carbons (Fsp3) is 0.833. The number of nitrogens with one attached hydrogen (secondary N) is 2. The molecule has 0 rings (SSSR count). The van der Waals surface area contributed by atoms with Crippen LogP contribution in [0.1, 0.15) is 19.8 Å². The van der Waals surface area contributed by atoms with Crippen molar-refractivity contribution in [3.05, 3.63) is 0 Å². The molecule has 2 N–H and O–H groups in total. The van der Waals surface area contributed by atoms with Gasteiger partial charge < -0.3 is 15.1 Å². The fourth-order valence-corrected chi connectivity index (χ4v) is 1.47. The van der Waals surface area contributed by atoms with E-state index in [4.69, 9.17) is 0 Å². The van der Waals surface area contributed by atoms with E-state index < -0.39 is 0 Å². The van der Waals surface area contributed by atoms with E-state index in [-0.39, 0.29) is 24.2 Å². The predicted molar refractivity (Wildman–Crippen MR) is 68.4 cm³/mol. The van der Waals surface area contributed by atoms with E-state index in [0.717, 1.165) is 17.4 Å². The van der Waals surface area contributed by atoms with Gasteiger partial charge in [0, 0.05) is 32.4 Å². The SMILES string of the molecule is CNC(=O)C(C)CC(=O)NCCC[N+](C)(C)C. The molecule has 0 bridgehead atoms. The van der Waals surface area contributed by atoms with E-state index in [1.165, 1.54) is 0 Å². The Morgan fingerprint density at radius 1 is 1.24 bits per heavy atom. The van der Waals surface area contributed by atoms with E-state index in [9.17, 15) is 9.59 Å². The molecule has 1 unspecified atom stereocenters. The summed E-state index contributed by atoms with van der Waals surface area (Å²) >= 11 is 0. The van der Waals surface area contributed by atoms with Gasteiger partial charge in [-0.3, -0.25) is 9.59 Å². The minimum absolute atomic E-state index is 0.0532. The summed E-state index contributed by atoms with van der Waals surface area (Å²) in [5.74, 6) is -0.410. The molecular formula is C12H26N3O2+. The lowest BCUT2D eigenvalue weighted by Gasteiger charge is -2.23. The summed E-state index contributed by atoms with van der Waals surface area (Å²) in [6.07, 6.45) is 1.20. The Morgan fingerprint density at radius 3 is 2.29 bits per heavy atom. The van der Waals surface area contributed by atoms with Gasteiger partial charge in [0.1, 0.15) is 0 Å². The molecule has 0 heterocycles. The normalized spacial score (nSPS) is 13.0. The third-order valence-corrected chi connectivity index (χ3v) is 2.51. The Labute approximate surface area is 104 Å². The summed E-state index contributed by atoms with van der Waals surface area (Å²) in [4.78, 5) is 22.7. The quantitative estimate of drug-likeness (QED) is 0.488. The highest BCUT2D eigenvalue weighted by Gasteiger charge is 2.15. The Balaban J connectivity index is 3.70. The molecule has 0 aliphatic carbocycles. The van der Waals surface area contributed by atoms with E-state index in [2.05, 4.69) is 31.8 Å². The van der Waals surface area contributed by atoms with Crippen molar-refractivity contribution >= 4 is 11.8 Å². The number of amides is 2. The fourth-order valence-electron chi connectivity index (χ4n) is 1.47. The largest absolute Gasteiger partial charge is 0.359 e. The van der Waals surface area contributed by atoms with Gasteiger partial charge in [-0.1, -0.05) is 6.92 Å². The van der Waals surface area contributed by atoms with Gasteiger partial charge in [0.05, 0.1) is 27.7 Å². The first-order valence-corrected chi connectivity index (χ1v) is 6.05. The van der Waals surface area contributed by atoms with Crippen molar-refractivity contribution < 1.29 is 14.1 Å². The molecule has 0 saturated carbocycles. The number of quaternary nitrogens is 1. The molecule has 5 nitrogen and oxygen atoms in total. The van der Waals surface area contributed by atoms with E-state index in [1.54, 1.807) is 14.0 Å². The average Bonchev–Trinajstić information content (AvgIpc) is 2.21. The van der Waals surface area contributed by atoms with Crippen molar-refractivity contribution in [2.45, 2.75) is 19.8 Å². The van der Waals surface area contributed by atoms with Crippen molar-refractivity contribution in [1.82, 2.24) is 10.6 Å². The number of carbonyl (C=O) groups is 2. The second-order valence-electron chi connectivity index (χ2n) is 5.44. The number of nitrogens with zero attached hydrogens (tertiary/aromatic N) is 1. The van der Waals surface area contributed by atoms with Gasteiger partial charge in [-0.15, -0.1) is 0 Å². The van der Waals surface area contributed by atoms with Crippen LogP contribution in [0.2, 0.25) is 0 Å². The molecule has 0 aliphatic heterocycles. The zero-order valence-electron chi connectivity index (χ0n) is 11.7. The molecule has 0 aromatic rings. The van der Waals surface area contributed by atoms with Crippen LogP contribution < -0.4 is 10.6 Å². The first kappa shape index (κ1) is 15.9. The summed E-state index contributed by atoms with van der Waals surface area (Å²) in [5, 5.41) is 5.37. The molecule has 0 radical (unpaired) electrons. The number of hydrogen-bond acceptors (Lipinski definition) is 2. The molecule has 0 aromatic heterocycles. The molecule has 100 valence electrons. The zero-order chi connectivity index (χ0) is 13.5. The van der Waals surface area contributed by atoms with Crippen LogP contribution in [0.3, 0.4) is 0 Å². The topological polar surface area (TPSA) is 58.2 Å². The minimum atomic E-state index is -0.265. The average molecular weight is 244 g/mol. The van der Waals surface area contributed by atoms with Crippen molar-refractivity contribution in [3.8, 4) is 0 Å². The highest BCUT2D eigenvalue weighted by Crippen LogP contribution is 2.01. The Bertz CT molecular complexity index is 259. The Hall–Kier alpha value is -1.10. The second-order valence-corrected chi connectivity index (χ2v) is 5.44. The molecule has 17 heavy (non-hydrogen) atoms. The summed E-state index contributed by atoms with van der Waals surface area (Å²) in [7, 11) is 7.94. The highest BCUT2D eigenvalue weighted by molar-refractivity contribution is 5.85. The maximum absolute atomic E-state index is 11.5. The van der Waals surface area contributed by atoms with Crippen molar-refractivity contribution in [3.63, 3.8) is 0 Å². The minimum Gasteiger partial charge on any atom is -0.359 e. The van der Waals surface area contributed by atoms with Crippen molar-refractivity contribution in [1.29, 1.82) is 0 Å². The Morgan fingerprint density at radius 2 is 1.82 bits per heavy atom. The highest BCUT2D eigenvalue weighted by atomic mass is 16.2. The third kappa shape index (κ3) is 8.68. The summed E-state index contributed by atoms with van der Waals surface area (Å²) in [5.41, 5.74) is 0. The molecule has 0 fully saturated rings. The summed E-state index contributed by atoms with van der Waals surface area (Å²) in [6.45, 7) is 3.45. The second kappa shape index (κ2) is 7.27. The van der Waals surface area contributed by atoms with Crippen LogP contribution >= 0.6 is 0 Å². The van der Waals surface area contributed by atoms with E-state index >= 15 is 0 Å². The molecule has 2 amide bonds. The maximum atomic E-state index is 11.5. The van der Waals surface area contributed by atoms with E-state index in [0.29, 0.717) is 6.54 Å². The number of carbonyl (C=O) groups excluding carboxylic acids is 2. The lowest BCUT2D eigenvalue weighted by atomic mass is 10.1. The lowest BCUT2D eigenvalue weighted by Crippen LogP contribution is -2.38. The van der Waals surface area contributed by atoms with Crippen LogP contribution in [0.25, 0.3) is 0 Å². The van der Waals surface area contributed by atoms with Crippen LogP contribution in [-0.4, -0.2) is 57.6 Å². The van der Waals surface area contributed by atoms with Gasteiger partial charge in [0.25, 0.3) is 0 Å². The molecule has 5 heteroatoms. The maximum Gasteiger partial charge on any atom is 0.223 e. The summed E-state index contributed by atoms with van der Waals surface area (Å²) < 4.78 is 0.893. The Kier molecular flexibility index (Phi) is 6.80. The van der Waals surface area contributed by atoms with Gasteiger partial charge in [-0.25, -0.2) is 0 Å². The first-order valence-electron chi connectivity index (χ1n) is 6.05. The van der Waals surface area contributed by atoms with Crippen LogP contribution in [0.15, 0.2) is 0 Å². The van der Waals surface area contributed by atoms with Gasteiger partial charge >= 0.3 is 0 Å². The molecular weight excluding hydrogens is 218 g/mol. The molecule has 0 saturated heterocycles. The zero-order valence-corrected chi connectivity index (χ0v) is 11.7.